The lowest BCUT2D eigenvalue weighted by Gasteiger charge is -2.11. The zero-order valence-corrected chi connectivity index (χ0v) is 11.5. The quantitative estimate of drug-likeness (QED) is 0.672. The Labute approximate surface area is 120 Å². The number of aliphatic hydroxyl groups excluding tert-OH is 1. The van der Waals surface area contributed by atoms with Gasteiger partial charge in [0.05, 0.1) is 24.2 Å². The number of nitro benzene ring substituents is 1. The lowest BCUT2D eigenvalue weighted by atomic mass is 10.2. The summed E-state index contributed by atoms with van der Waals surface area (Å²) < 4.78 is 10.6. The van der Waals surface area contributed by atoms with Crippen molar-refractivity contribution >= 4 is 5.69 Å². The predicted molar refractivity (Wildman–Crippen MR) is 74.6 cm³/mol. The molecule has 0 radical (unpaired) electrons. The molecule has 1 heterocycles. The largest absolute Gasteiger partial charge is 0.493 e. The standard InChI is InChI=1S/C14H14N2O5/c1-9(17)10-5-6-15-14(7-10)21-13-8-11(16(18)19)3-4-12(13)20-2/h3-9,17H,1-2H3. The molecule has 0 spiro atoms. The topological polar surface area (TPSA) is 94.7 Å². The second-order valence-electron chi connectivity index (χ2n) is 4.30. The molecule has 0 aliphatic rings. The number of rotatable bonds is 5. The molecular weight excluding hydrogens is 276 g/mol. The molecule has 21 heavy (non-hydrogen) atoms. The van der Waals surface area contributed by atoms with Gasteiger partial charge in [0.1, 0.15) is 0 Å². The van der Waals surface area contributed by atoms with Gasteiger partial charge in [-0.3, -0.25) is 10.1 Å². The van der Waals surface area contributed by atoms with E-state index in [1.165, 1.54) is 31.5 Å². The number of pyridine rings is 1. The first-order valence-corrected chi connectivity index (χ1v) is 6.15. The van der Waals surface area contributed by atoms with E-state index in [0.29, 0.717) is 11.3 Å². The van der Waals surface area contributed by atoms with Gasteiger partial charge >= 0.3 is 0 Å². The Morgan fingerprint density at radius 1 is 1.29 bits per heavy atom. The maximum Gasteiger partial charge on any atom is 0.273 e. The maximum absolute atomic E-state index is 10.8. The molecule has 1 aromatic heterocycles. The van der Waals surface area contributed by atoms with Crippen LogP contribution < -0.4 is 9.47 Å². The van der Waals surface area contributed by atoms with Crippen LogP contribution in [0.2, 0.25) is 0 Å². The zero-order valence-electron chi connectivity index (χ0n) is 11.5. The summed E-state index contributed by atoms with van der Waals surface area (Å²) in [7, 11) is 1.44. The molecule has 0 saturated heterocycles. The lowest BCUT2D eigenvalue weighted by Crippen LogP contribution is -1.96. The molecule has 1 N–H and O–H groups in total. The molecule has 0 aliphatic carbocycles. The highest BCUT2D eigenvalue weighted by Crippen LogP contribution is 2.34. The van der Waals surface area contributed by atoms with E-state index in [2.05, 4.69) is 4.98 Å². The van der Waals surface area contributed by atoms with Crippen LogP contribution in [-0.4, -0.2) is 22.1 Å². The van der Waals surface area contributed by atoms with Crippen LogP contribution in [0.4, 0.5) is 5.69 Å². The first-order valence-electron chi connectivity index (χ1n) is 6.15. The van der Waals surface area contributed by atoms with Gasteiger partial charge in [-0.15, -0.1) is 0 Å². The smallest absolute Gasteiger partial charge is 0.273 e. The monoisotopic (exact) mass is 290 g/mol. The van der Waals surface area contributed by atoms with E-state index in [0.717, 1.165) is 0 Å². The van der Waals surface area contributed by atoms with Crippen molar-refractivity contribution in [3.63, 3.8) is 0 Å². The highest BCUT2D eigenvalue weighted by Gasteiger charge is 2.14. The molecule has 1 atom stereocenters. The number of hydrogen-bond donors (Lipinski definition) is 1. The summed E-state index contributed by atoms with van der Waals surface area (Å²) in [5.41, 5.74) is 0.516. The molecular formula is C14H14N2O5. The van der Waals surface area contributed by atoms with Crippen molar-refractivity contribution in [2.75, 3.05) is 7.11 Å². The minimum Gasteiger partial charge on any atom is -0.493 e. The van der Waals surface area contributed by atoms with E-state index >= 15 is 0 Å². The van der Waals surface area contributed by atoms with Gasteiger partial charge in [0.25, 0.3) is 5.69 Å². The fraction of sp³-hybridized carbons (Fsp3) is 0.214. The Balaban J connectivity index is 2.35. The third-order valence-electron chi connectivity index (χ3n) is 2.81. The molecule has 2 aromatic rings. The summed E-state index contributed by atoms with van der Waals surface area (Å²) >= 11 is 0. The van der Waals surface area contributed by atoms with Gasteiger partial charge in [0, 0.05) is 18.3 Å². The number of ether oxygens (including phenoxy) is 2. The third-order valence-corrected chi connectivity index (χ3v) is 2.81. The van der Waals surface area contributed by atoms with Gasteiger partial charge in [-0.1, -0.05) is 0 Å². The first kappa shape index (κ1) is 14.7. The van der Waals surface area contributed by atoms with Gasteiger partial charge in [0.2, 0.25) is 5.88 Å². The maximum atomic E-state index is 10.8. The minimum atomic E-state index is -0.664. The molecule has 0 bridgehead atoms. The van der Waals surface area contributed by atoms with Crippen molar-refractivity contribution in [3.8, 4) is 17.4 Å². The van der Waals surface area contributed by atoms with Crippen molar-refractivity contribution in [1.29, 1.82) is 0 Å². The van der Waals surface area contributed by atoms with Crippen LogP contribution in [0.5, 0.6) is 17.4 Å². The third kappa shape index (κ3) is 3.46. The van der Waals surface area contributed by atoms with Gasteiger partial charge in [0.15, 0.2) is 11.5 Å². The number of non-ortho nitro benzene ring substituents is 1. The van der Waals surface area contributed by atoms with Gasteiger partial charge in [-0.2, -0.15) is 0 Å². The lowest BCUT2D eigenvalue weighted by molar-refractivity contribution is -0.384. The fourth-order valence-corrected chi connectivity index (χ4v) is 1.71. The van der Waals surface area contributed by atoms with E-state index in [1.807, 2.05) is 0 Å². The number of nitro groups is 1. The van der Waals surface area contributed by atoms with Gasteiger partial charge < -0.3 is 14.6 Å². The number of aromatic nitrogens is 1. The summed E-state index contributed by atoms with van der Waals surface area (Å²) in [6.07, 6.45) is 0.823. The molecule has 7 heteroatoms. The van der Waals surface area contributed by atoms with Crippen LogP contribution >= 0.6 is 0 Å². The summed E-state index contributed by atoms with van der Waals surface area (Å²) in [5.74, 6) is 0.749. The predicted octanol–water partition coefficient (Wildman–Crippen LogP) is 2.84. The first-order chi connectivity index (χ1) is 10.0. The summed E-state index contributed by atoms with van der Waals surface area (Å²) in [4.78, 5) is 14.3. The Hall–Kier alpha value is -2.67. The van der Waals surface area contributed by atoms with E-state index in [-0.39, 0.29) is 17.3 Å². The summed E-state index contributed by atoms with van der Waals surface area (Å²) in [6, 6.07) is 7.25. The fourth-order valence-electron chi connectivity index (χ4n) is 1.71. The summed E-state index contributed by atoms with van der Waals surface area (Å²) in [5, 5.41) is 20.3. The molecule has 1 aromatic carbocycles. The molecule has 110 valence electrons. The molecule has 0 saturated carbocycles. The van der Waals surface area contributed by atoms with Crippen LogP contribution in [-0.2, 0) is 0 Å². The molecule has 7 nitrogen and oxygen atoms in total. The second-order valence-corrected chi connectivity index (χ2v) is 4.30. The van der Waals surface area contributed by atoms with Crippen molar-refractivity contribution in [3.05, 3.63) is 52.2 Å². The minimum absolute atomic E-state index is 0.113. The van der Waals surface area contributed by atoms with Crippen LogP contribution in [0.3, 0.4) is 0 Å². The van der Waals surface area contributed by atoms with Crippen LogP contribution in [0, 0.1) is 10.1 Å². The van der Waals surface area contributed by atoms with E-state index in [1.54, 1.807) is 19.1 Å². The number of nitrogens with zero attached hydrogens (tertiary/aromatic N) is 2. The van der Waals surface area contributed by atoms with Crippen LogP contribution in [0.1, 0.15) is 18.6 Å². The molecule has 2 rings (SSSR count). The van der Waals surface area contributed by atoms with Crippen molar-refractivity contribution < 1.29 is 19.5 Å². The molecule has 0 aliphatic heterocycles. The van der Waals surface area contributed by atoms with Crippen molar-refractivity contribution in [2.24, 2.45) is 0 Å². The number of aliphatic hydroxyl groups is 1. The highest BCUT2D eigenvalue weighted by molar-refractivity contribution is 5.49. The number of benzene rings is 1. The molecule has 0 amide bonds. The molecule has 0 fully saturated rings. The Morgan fingerprint density at radius 2 is 2.05 bits per heavy atom. The van der Waals surface area contributed by atoms with E-state index in [9.17, 15) is 15.2 Å². The van der Waals surface area contributed by atoms with Crippen LogP contribution in [0.25, 0.3) is 0 Å². The van der Waals surface area contributed by atoms with E-state index < -0.39 is 11.0 Å². The molecule has 1 unspecified atom stereocenters. The van der Waals surface area contributed by atoms with E-state index in [4.69, 9.17) is 9.47 Å². The normalized spacial score (nSPS) is 11.8. The number of methoxy groups -OCH3 is 1. The Bertz CT molecular complexity index is 658. The Morgan fingerprint density at radius 3 is 2.67 bits per heavy atom. The zero-order chi connectivity index (χ0) is 15.4. The van der Waals surface area contributed by atoms with Crippen molar-refractivity contribution in [1.82, 2.24) is 4.98 Å². The van der Waals surface area contributed by atoms with Gasteiger partial charge in [-0.25, -0.2) is 4.98 Å². The Kier molecular flexibility index (Phi) is 4.34. The average molecular weight is 290 g/mol. The number of hydrogen-bond acceptors (Lipinski definition) is 6. The summed E-state index contributed by atoms with van der Waals surface area (Å²) in [6.45, 7) is 1.62. The van der Waals surface area contributed by atoms with Crippen molar-refractivity contribution in [2.45, 2.75) is 13.0 Å². The highest BCUT2D eigenvalue weighted by atomic mass is 16.6. The SMILES string of the molecule is COc1ccc([N+](=O)[O-])cc1Oc1cc(C(C)O)ccn1. The second kappa shape index (κ2) is 6.19. The van der Waals surface area contributed by atoms with Crippen LogP contribution in [0.15, 0.2) is 36.5 Å². The van der Waals surface area contributed by atoms with Gasteiger partial charge in [-0.05, 0) is 24.6 Å². The average Bonchev–Trinajstić information content (AvgIpc) is 2.47.